The highest BCUT2D eigenvalue weighted by Gasteiger charge is 2.06. The summed E-state index contributed by atoms with van der Waals surface area (Å²) in [4.78, 5) is 15.5. The summed E-state index contributed by atoms with van der Waals surface area (Å²) in [6, 6.07) is 3.59. The molecule has 0 aliphatic heterocycles. The summed E-state index contributed by atoms with van der Waals surface area (Å²) < 4.78 is 0. The Morgan fingerprint density at radius 2 is 2.06 bits per heavy atom. The monoisotopic (exact) mass is 213 g/mol. The molecule has 0 aliphatic rings. The van der Waals surface area contributed by atoms with Gasteiger partial charge >= 0.3 is 0 Å². The van der Waals surface area contributed by atoms with E-state index in [0.717, 1.165) is 16.8 Å². The highest BCUT2D eigenvalue weighted by atomic mass is 16.1. The number of pyridine rings is 1. The molecule has 0 unspecified atom stereocenters. The van der Waals surface area contributed by atoms with E-state index in [0.29, 0.717) is 5.69 Å². The van der Waals surface area contributed by atoms with Crippen molar-refractivity contribution in [2.75, 3.05) is 0 Å². The summed E-state index contributed by atoms with van der Waals surface area (Å²) in [5.74, 6) is -0.0400. The SMILES string of the molecule is C=C/C=C\c1ccc(C(C)=O)nc1C(=C)C. The van der Waals surface area contributed by atoms with E-state index in [1.165, 1.54) is 6.92 Å². The molecule has 2 nitrogen and oxygen atoms in total. The molecule has 0 saturated carbocycles. The van der Waals surface area contributed by atoms with Gasteiger partial charge in [0.15, 0.2) is 5.78 Å². The number of aromatic nitrogens is 1. The molecular weight excluding hydrogens is 198 g/mol. The molecule has 0 bridgehead atoms. The molecule has 1 heterocycles. The van der Waals surface area contributed by atoms with Gasteiger partial charge in [-0.3, -0.25) is 4.79 Å². The van der Waals surface area contributed by atoms with Crippen molar-refractivity contribution >= 4 is 17.4 Å². The Kier molecular flexibility index (Phi) is 3.95. The van der Waals surface area contributed by atoms with Crippen molar-refractivity contribution in [1.29, 1.82) is 0 Å². The standard InChI is InChI=1S/C14H15NO/c1-5-6-7-12-8-9-13(11(4)16)15-14(12)10(2)3/h5-9H,1-2H2,3-4H3/b7-6-. The third kappa shape index (κ3) is 2.76. The minimum atomic E-state index is -0.0400. The first kappa shape index (κ1) is 12.1. The summed E-state index contributed by atoms with van der Waals surface area (Å²) in [7, 11) is 0. The van der Waals surface area contributed by atoms with E-state index in [-0.39, 0.29) is 5.78 Å². The molecule has 1 aromatic rings. The van der Waals surface area contributed by atoms with Crippen molar-refractivity contribution < 1.29 is 4.79 Å². The third-order valence-corrected chi connectivity index (χ3v) is 2.10. The highest BCUT2D eigenvalue weighted by Crippen LogP contribution is 2.17. The Labute approximate surface area is 96.0 Å². The second-order valence-electron chi connectivity index (χ2n) is 3.57. The van der Waals surface area contributed by atoms with Gasteiger partial charge in [-0.15, -0.1) is 0 Å². The van der Waals surface area contributed by atoms with E-state index >= 15 is 0 Å². The summed E-state index contributed by atoms with van der Waals surface area (Å²) >= 11 is 0. The number of carbonyl (C=O) groups is 1. The Bertz CT molecular complexity index is 470. The first-order valence-electron chi connectivity index (χ1n) is 5.03. The third-order valence-electron chi connectivity index (χ3n) is 2.10. The van der Waals surface area contributed by atoms with E-state index in [2.05, 4.69) is 18.1 Å². The summed E-state index contributed by atoms with van der Waals surface area (Å²) in [5, 5.41) is 0. The van der Waals surface area contributed by atoms with Crippen LogP contribution in [0.5, 0.6) is 0 Å². The van der Waals surface area contributed by atoms with Gasteiger partial charge in [0.1, 0.15) is 5.69 Å². The summed E-state index contributed by atoms with van der Waals surface area (Å²) in [5.41, 5.74) is 3.00. The minimum absolute atomic E-state index is 0.0400. The Hall–Kier alpha value is -1.96. The molecule has 0 amide bonds. The molecule has 0 radical (unpaired) electrons. The number of hydrogen-bond donors (Lipinski definition) is 0. The fourth-order valence-electron chi connectivity index (χ4n) is 1.31. The first-order valence-corrected chi connectivity index (χ1v) is 5.03. The van der Waals surface area contributed by atoms with Crippen LogP contribution >= 0.6 is 0 Å². The smallest absolute Gasteiger partial charge is 0.178 e. The van der Waals surface area contributed by atoms with Crippen molar-refractivity contribution in [3.63, 3.8) is 0 Å². The molecule has 82 valence electrons. The highest BCUT2D eigenvalue weighted by molar-refractivity contribution is 5.92. The zero-order valence-corrected chi connectivity index (χ0v) is 9.66. The number of ketones is 1. The predicted molar refractivity (Wildman–Crippen MR) is 68.2 cm³/mol. The van der Waals surface area contributed by atoms with Gasteiger partial charge in [0.2, 0.25) is 0 Å². The maximum Gasteiger partial charge on any atom is 0.178 e. The summed E-state index contributed by atoms with van der Waals surface area (Å²) in [6.45, 7) is 10.8. The number of nitrogens with zero attached hydrogens (tertiary/aromatic N) is 1. The van der Waals surface area contributed by atoms with Crippen LogP contribution in [0, 0.1) is 0 Å². The average Bonchev–Trinajstić information content (AvgIpc) is 2.25. The molecule has 0 aliphatic carbocycles. The van der Waals surface area contributed by atoms with Crippen molar-refractivity contribution in [3.05, 3.63) is 54.4 Å². The number of carbonyl (C=O) groups excluding carboxylic acids is 1. The first-order chi connectivity index (χ1) is 7.56. The van der Waals surface area contributed by atoms with Crippen molar-refractivity contribution in [3.8, 4) is 0 Å². The number of Topliss-reactive ketones (excluding diaryl/α,β-unsaturated/α-hetero) is 1. The Morgan fingerprint density at radius 1 is 1.38 bits per heavy atom. The van der Waals surface area contributed by atoms with Crippen LogP contribution in [0.1, 0.15) is 35.6 Å². The van der Waals surface area contributed by atoms with Crippen LogP contribution in [0.4, 0.5) is 0 Å². The average molecular weight is 213 g/mol. The molecule has 0 aromatic carbocycles. The second kappa shape index (κ2) is 5.21. The van der Waals surface area contributed by atoms with Gasteiger partial charge in [-0.25, -0.2) is 4.98 Å². The Morgan fingerprint density at radius 3 is 2.56 bits per heavy atom. The maximum atomic E-state index is 11.2. The fourth-order valence-corrected chi connectivity index (χ4v) is 1.31. The minimum Gasteiger partial charge on any atom is -0.293 e. The number of allylic oxidation sites excluding steroid dienone is 3. The fraction of sp³-hybridized carbons (Fsp3) is 0.143. The van der Waals surface area contributed by atoms with Crippen molar-refractivity contribution in [1.82, 2.24) is 4.98 Å². The second-order valence-corrected chi connectivity index (χ2v) is 3.57. The molecule has 0 fully saturated rings. The van der Waals surface area contributed by atoms with Gasteiger partial charge in [0.05, 0.1) is 5.69 Å². The van der Waals surface area contributed by atoms with E-state index in [1.54, 1.807) is 12.1 Å². The molecule has 0 spiro atoms. The predicted octanol–water partition coefficient (Wildman–Crippen LogP) is 3.52. The molecule has 0 atom stereocenters. The van der Waals surface area contributed by atoms with E-state index in [9.17, 15) is 4.79 Å². The number of rotatable bonds is 4. The summed E-state index contributed by atoms with van der Waals surface area (Å²) in [6.07, 6.45) is 5.42. The lowest BCUT2D eigenvalue weighted by Gasteiger charge is -2.06. The zero-order valence-electron chi connectivity index (χ0n) is 9.66. The van der Waals surface area contributed by atoms with Gasteiger partial charge < -0.3 is 0 Å². The van der Waals surface area contributed by atoms with E-state index < -0.39 is 0 Å². The Balaban J connectivity index is 3.29. The van der Waals surface area contributed by atoms with Gasteiger partial charge in [-0.1, -0.05) is 37.5 Å². The van der Waals surface area contributed by atoms with Crippen LogP contribution in [0.3, 0.4) is 0 Å². The van der Waals surface area contributed by atoms with Crippen LogP contribution in [-0.4, -0.2) is 10.8 Å². The maximum absolute atomic E-state index is 11.2. The molecular formula is C14H15NO. The molecule has 2 heteroatoms. The van der Waals surface area contributed by atoms with E-state index in [4.69, 9.17) is 0 Å². The zero-order chi connectivity index (χ0) is 12.1. The van der Waals surface area contributed by atoms with Crippen molar-refractivity contribution in [2.45, 2.75) is 13.8 Å². The lowest BCUT2D eigenvalue weighted by molar-refractivity contribution is 0.101. The molecule has 16 heavy (non-hydrogen) atoms. The topological polar surface area (TPSA) is 30.0 Å². The van der Waals surface area contributed by atoms with Crippen LogP contribution in [-0.2, 0) is 0 Å². The van der Waals surface area contributed by atoms with E-state index in [1.807, 2.05) is 25.1 Å². The molecule has 0 N–H and O–H groups in total. The van der Waals surface area contributed by atoms with Crippen molar-refractivity contribution in [2.24, 2.45) is 0 Å². The van der Waals surface area contributed by atoms with Gasteiger partial charge in [0, 0.05) is 12.5 Å². The molecule has 1 aromatic heterocycles. The quantitative estimate of drug-likeness (QED) is 0.566. The lowest BCUT2D eigenvalue weighted by Crippen LogP contribution is -2.00. The van der Waals surface area contributed by atoms with Crippen LogP contribution in [0.25, 0.3) is 11.6 Å². The van der Waals surface area contributed by atoms with Gasteiger partial charge in [-0.05, 0) is 18.6 Å². The normalized spacial score (nSPS) is 10.4. The lowest BCUT2D eigenvalue weighted by atomic mass is 10.1. The van der Waals surface area contributed by atoms with Crippen LogP contribution in [0.2, 0.25) is 0 Å². The molecule has 1 rings (SSSR count). The largest absolute Gasteiger partial charge is 0.293 e. The van der Waals surface area contributed by atoms with Crippen LogP contribution < -0.4 is 0 Å². The van der Waals surface area contributed by atoms with Crippen LogP contribution in [0.15, 0.2) is 37.4 Å². The molecule has 0 saturated heterocycles. The van der Waals surface area contributed by atoms with Gasteiger partial charge in [-0.2, -0.15) is 0 Å². The number of hydrogen-bond acceptors (Lipinski definition) is 2. The van der Waals surface area contributed by atoms with Gasteiger partial charge in [0.25, 0.3) is 0 Å².